The summed E-state index contributed by atoms with van der Waals surface area (Å²) in [5, 5.41) is 7.10. The number of aromatic nitrogens is 2. The van der Waals surface area contributed by atoms with Gasteiger partial charge >= 0.3 is 0 Å². The van der Waals surface area contributed by atoms with Crippen LogP contribution in [-0.2, 0) is 7.05 Å². The highest BCUT2D eigenvalue weighted by molar-refractivity contribution is 6.23. The second-order valence-corrected chi connectivity index (χ2v) is 8.12. The summed E-state index contributed by atoms with van der Waals surface area (Å²) in [4.78, 5) is 4.86. The number of imidazole rings is 1. The van der Waals surface area contributed by atoms with E-state index < -0.39 is 0 Å². The van der Waals surface area contributed by atoms with E-state index in [0.29, 0.717) is 0 Å². The van der Waals surface area contributed by atoms with Gasteiger partial charge in [0.25, 0.3) is 0 Å². The Kier molecular flexibility index (Phi) is 3.20. The summed E-state index contributed by atoms with van der Waals surface area (Å²) in [6.07, 6.45) is 0. The third kappa shape index (κ3) is 2.26. The molecule has 31 heavy (non-hydrogen) atoms. The average molecular weight is 398 g/mol. The standard InChI is InChI=1S/C28H18N2O/c1-30-24-9-5-4-8-23(24)29-28(30)19-13-14-21-22-15-12-18-11-10-17-6-2-3-7-20(17)26(18)27(22)31-25(21)16-19/h2-16H,1H3. The maximum absolute atomic E-state index is 6.51. The van der Waals surface area contributed by atoms with Crippen molar-refractivity contribution in [2.24, 2.45) is 7.05 Å². The quantitative estimate of drug-likeness (QED) is 0.269. The Morgan fingerprint density at radius 3 is 2.42 bits per heavy atom. The molecule has 0 saturated carbocycles. The average Bonchev–Trinajstić information content (AvgIpc) is 3.36. The Balaban J connectivity index is 1.54. The first-order valence-electron chi connectivity index (χ1n) is 10.5. The Bertz CT molecular complexity index is 1800. The van der Waals surface area contributed by atoms with Crippen molar-refractivity contribution in [3.63, 3.8) is 0 Å². The van der Waals surface area contributed by atoms with Crippen LogP contribution in [0.1, 0.15) is 0 Å². The minimum Gasteiger partial charge on any atom is -0.455 e. The summed E-state index contributed by atoms with van der Waals surface area (Å²) in [6.45, 7) is 0. The van der Waals surface area contributed by atoms with E-state index in [-0.39, 0.29) is 0 Å². The van der Waals surface area contributed by atoms with Gasteiger partial charge in [0.1, 0.15) is 17.0 Å². The van der Waals surface area contributed by atoms with Crippen molar-refractivity contribution in [3.8, 4) is 11.4 Å². The van der Waals surface area contributed by atoms with Crippen LogP contribution in [0.15, 0.2) is 95.4 Å². The van der Waals surface area contributed by atoms with E-state index in [2.05, 4.69) is 90.5 Å². The van der Waals surface area contributed by atoms with E-state index >= 15 is 0 Å². The fraction of sp³-hybridized carbons (Fsp3) is 0.0357. The van der Waals surface area contributed by atoms with Crippen LogP contribution in [0.2, 0.25) is 0 Å². The van der Waals surface area contributed by atoms with Gasteiger partial charge in [0.05, 0.1) is 11.0 Å². The molecule has 0 saturated heterocycles. The normalized spacial score (nSPS) is 12.0. The summed E-state index contributed by atoms with van der Waals surface area (Å²) in [5.41, 5.74) is 5.02. The molecule has 146 valence electrons. The van der Waals surface area contributed by atoms with Gasteiger partial charge in [0.15, 0.2) is 0 Å². The number of hydrogen-bond acceptors (Lipinski definition) is 2. The molecule has 2 aromatic heterocycles. The lowest BCUT2D eigenvalue weighted by molar-refractivity contribution is 0.673. The molecule has 0 atom stereocenters. The molecule has 0 radical (unpaired) electrons. The van der Waals surface area contributed by atoms with Crippen molar-refractivity contribution < 1.29 is 4.42 Å². The molecule has 0 unspecified atom stereocenters. The van der Waals surface area contributed by atoms with Crippen LogP contribution >= 0.6 is 0 Å². The van der Waals surface area contributed by atoms with Crippen LogP contribution in [0.25, 0.3) is 65.9 Å². The van der Waals surface area contributed by atoms with Gasteiger partial charge in [-0.15, -0.1) is 0 Å². The third-order valence-corrected chi connectivity index (χ3v) is 6.39. The zero-order valence-corrected chi connectivity index (χ0v) is 17.0. The lowest BCUT2D eigenvalue weighted by atomic mass is 9.99. The molecule has 3 heteroatoms. The fourth-order valence-corrected chi connectivity index (χ4v) is 4.86. The first-order chi connectivity index (χ1) is 15.3. The summed E-state index contributed by atoms with van der Waals surface area (Å²) in [5.74, 6) is 0.943. The number of fused-ring (bicyclic) bond motifs is 8. The molecule has 3 nitrogen and oxygen atoms in total. The number of nitrogens with zero attached hydrogens (tertiary/aromatic N) is 2. The molecular weight excluding hydrogens is 380 g/mol. The van der Waals surface area contributed by atoms with Crippen LogP contribution in [0, 0.1) is 0 Å². The van der Waals surface area contributed by atoms with Crippen LogP contribution in [0.3, 0.4) is 0 Å². The Labute approximate surface area is 178 Å². The molecule has 0 bridgehead atoms. The topological polar surface area (TPSA) is 31.0 Å². The van der Waals surface area contributed by atoms with Gasteiger partial charge in [-0.1, -0.05) is 60.7 Å². The van der Waals surface area contributed by atoms with E-state index in [0.717, 1.165) is 44.4 Å². The predicted octanol–water partition coefficient (Wildman–Crippen LogP) is 7.45. The molecule has 7 rings (SSSR count). The van der Waals surface area contributed by atoms with E-state index in [1.54, 1.807) is 0 Å². The molecule has 0 N–H and O–H groups in total. The van der Waals surface area contributed by atoms with E-state index in [9.17, 15) is 0 Å². The molecule has 0 amide bonds. The van der Waals surface area contributed by atoms with Crippen molar-refractivity contribution in [1.82, 2.24) is 9.55 Å². The fourth-order valence-electron chi connectivity index (χ4n) is 4.86. The highest BCUT2D eigenvalue weighted by Gasteiger charge is 2.15. The molecule has 0 aliphatic carbocycles. The number of hydrogen-bond donors (Lipinski definition) is 0. The summed E-state index contributed by atoms with van der Waals surface area (Å²) < 4.78 is 8.65. The number of benzene rings is 5. The zero-order chi connectivity index (χ0) is 20.5. The van der Waals surface area contributed by atoms with Crippen LogP contribution in [0.4, 0.5) is 0 Å². The Hall–Kier alpha value is -4.11. The monoisotopic (exact) mass is 398 g/mol. The SMILES string of the molecule is Cn1c(-c2ccc3c(c2)oc2c3ccc3ccc4ccccc4c32)nc2ccccc21. The van der Waals surface area contributed by atoms with E-state index in [4.69, 9.17) is 9.40 Å². The maximum Gasteiger partial charge on any atom is 0.143 e. The zero-order valence-electron chi connectivity index (χ0n) is 17.0. The third-order valence-electron chi connectivity index (χ3n) is 6.39. The molecule has 2 heterocycles. The van der Waals surface area contributed by atoms with Gasteiger partial charge < -0.3 is 8.98 Å². The van der Waals surface area contributed by atoms with Crippen molar-refractivity contribution in [3.05, 3.63) is 91.0 Å². The largest absolute Gasteiger partial charge is 0.455 e. The Morgan fingerprint density at radius 2 is 1.48 bits per heavy atom. The van der Waals surface area contributed by atoms with Crippen LogP contribution in [-0.4, -0.2) is 9.55 Å². The summed E-state index contributed by atoms with van der Waals surface area (Å²) in [7, 11) is 2.06. The number of furan rings is 1. The van der Waals surface area contributed by atoms with Gasteiger partial charge in [-0.2, -0.15) is 0 Å². The van der Waals surface area contributed by atoms with Gasteiger partial charge in [-0.05, 0) is 46.5 Å². The van der Waals surface area contributed by atoms with Crippen molar-refractivity contribution in [2.75, 3.05) is 0 Å². The number of para-hydroxylation sites is 2. The second kappa shape index (κ2) is 5.96. The molecule has 0 aliphatic heterocycles. The van der Waals surface area contributed by atoms with Crippen LogP contribution in [0.5, 0.6) is 0 Å². The van der Waals surface area contributed by atoms with E-state index in [1.807, 2.05) is 12.1 Å². The summed E-state index contributed by atoms with van der Waals surface area (Å²) in [6, 6.07) is 31.9. The highest BCUT2D eigenvalue weighted by atomic mass is 16.3. The molecule has 0 aliphatic rings. The van der Waals surface area contributed by atoms with Gasteiger partial charge in [0.2, 0.25) is 0 Å². The molecule has 0 spiro atoms. The van der Waals surface area contributed by atoms with Crippen molar-refractivity contribution >= 4 is 54.5 Å². The molecule has 0 fully saturated rings. The van der Waals surface area contributed by atoms with Crippen molar-refractivity contribution in [2.45, 2.75) is 0 Å². The number of rotatable bonds is 1. The second-order valence-electron chi connectivity index (χ2n) is 8.12. The first-order valence-corrected chi connectivity index (χ1v) is 10.5. The minimum atomic E-state index is 0.889. The summed E-state index contributed by atoms with van der Waals surface area (Å²) >= 11 is 0. The lowest BCUT2D eigenvalue weighted by Gasteiger charge is -2.04. The maximum atomic E-state index is 6.51. The molecular formula is C28H18N2O. The minimum absolute atomic E-state index is 0.889. The van der Waals surface area contributed by atoms with Crippen molar-refractivity contribution in [1.29, 1.82) is 0 Å². The lowest BCUT2D eigenvalue weighted by Crippen LogP contribution is -1.92. The van der Waals surface area contributed by atoms with Gasteiger partial charge in [-0.3, -0.25) is 0 Å². The number of aryl methyl sites for hydroxylation is 1. The first kappa shape index (κ1) is 16.7. The van der Waals surface area contributed by atoms with Gasteiger partial charge in [-0.25, -0.2) is 4.98 Å². The highest BCUT2D eigenvalue weighted by Crippen LogP contribution is 2.38. The smallest absolute Gasteiger partial charge is 0.143 e. The van der Waals surface area contributed by atoms with E-state index in [1.165, 1.54) is 21.5 Å². The predicted molar refractivity (Wildman–Crippen MR) is 128 cm³/mol. The molecule has 7 aromatic rings. The Morgan fingerprint density at radius 1 is 0.710 bits per heavy atom. The van der Waals surface area contributed by atoms with Crippen LogP contribution < -0.4 is 0 Å². The molecule has 5 aromatic carbocycles. The van der Waals surface area contributed by atoms with Gasteiger partial charge in [0, 0.05) is 28.8 Å².